The van der Waals surface area contributed by atoms with Crippen LogP contribution in [0, 0.1) is 20.8 Å². The van der Waals surface area contributed by atoms with Crippen molar-refractivity contribution in [2.24, 2.45) is 0 Å². The van der Waals surface area contributed by atoms with Crippen molar-refractivity contribution in [3.05, 3.63) is 57.3 Å². The maximum atomic E-state index is 12.8. The SMILES string of the molecule is CCn1c(C)c(C)cc(C(=O)N[C@H]2CCN(c3ccc4ncc(C)n4n3)C2)c1=O. The molecule has 0 unspecified atom stereocenters. The van der Waals surface area contributed by atoms with E-state index in [1.54, 1.807) is 16.8 Å². The summed E-state index contributed by atoms with van der Waals surface area (Å²) in [5.74, 6) is 0.552. The molecule has 1 saturated heterocycles. The van der Waals surface area contributed by atoms with Crippen LogP contribution in [0.5, 0.6) is 0 Å². The molecule has 4 rings (SSSR count). The largest absolute Gasteiger partial charge is 0.353 e. The van der Waals surface area contributed by atoms with E-state index in [0.29, 0.717) is 13.1 Å². The van der Waals surface area contributed by atoms with Crippen LogP contribution in [0.1, 0.15) is 40.7 Å². The van der Waals surface area contributed by atoms with Gasteiger partial charge in [0.15, 0.2) is 5.65 Å². The normalized spacial score (nSPS) is 16.6. The van der Waals surface area contributed by atoms with Crippen LogP contribution < -0.4 is 15.8 Å². The first kappa shape index (κ1) is 19.2. The van der Waals surface area contributed by atoms with E-state index in [4.69, 9.17) is 0 Å². The Morgan fingerprint density at radius 2 is 2.07 bits per heavy atom. The zero-order chi connectivity index (χ0) is 20.7. The Morgan fingerprint density at radius 1 is 1.28 bits per heavy atom. The number of aromatic nitrogens is 4. The van der Waals surface area contributed by atoms with Gasteiger partial charge in [0.1, 0.15) is 11.4 Å². The number of hydrogen-bond acceptors (Lipinski definition) is 5. The molecule has 3 aromatic rings. The van der Waals surface area contributed by atoms with Crippen molar-refractivity contribution in [2.75, 3.05) is 18.0 Å². The lowest BCUT2D eigenvalue weighted by Crippen LogP contribution is -2.41. The fourth-order valence-electron chi connectivity index (χ4n) is 3.93. The second kappa shape index (κ2) is 7.35. The average Bonchev–Trinajstić information content (AvgIpc) is 3.32. The molecule has 0 spiro atoms. The molecule has 0 aromatic carbocycles. The smallest absolute Gasteiger partial charge is 0.263 e. The minimum atomic E-state index is -0.305. The Morgan fingerprint density at radius 3 is 2.83 bits per heavy atom. The number of nitrogens with zero attached hydrogens (tertiary/aromatic N) is 5. The molecule has 1 aliphatic rings. The molecule has 4 heterocycles. The number of aryl methyl sites for hydroxylation is 2. The summed E-state index contributed by atoms with van der Waals surface area (Å²) in [4.78, 5) is 31.9. The first-order valence-electron chi connectivity index (χ1n) is 9.97. The number of amides is 1. The third-order valence-electron chi connectivity index (χ3n) is 5.74. The molecular formula is C21H26N6O2. The minimum absolute atomic E-state index is 0.0278. The van der Waals surface area contributed by atoms with Crippen molar-refractivity contribution in [2.45, 2.75) is 46.7 Å². The van der Waals surface area contributed by atoms with E-state index in [1.165, 1.54) is 0 Å². The van der Waals surface area contributed by atoms with Gasteiger partial charge in [0.25, 0.3) is 11.5 Å². The predicted octanol–water partition coefficient (Wildman–Crippen LogP) is 1.84. The molecule has 152 valence electrons. The van der Waals surface area contributed by atoms with Crippen molar-refractivity contribution < 1.29 is 4.79 Å². The van der Waals surface area contributed by atoms with Gasteiger partial charge in [0, 0.05) is 31.4 Å². The standard InChI is InChI=1S/C21H26N6O2/c1-5-26-15(4)13(2)10-17(21(26)29)20(28)23-16-8-9-25(12-16)19-7-6-18-22-11-14(3)27(18)24-19/h6-7,10-11,16H,5,8-9,12H2,1-4H3,(H,23,28)/t16-/m0/s1. The fourth-order valence-corrected chi connectivity index (χ4v) is 3.93. The monoisotopic (exact) mass is 394 g/mol. The number of hydrogen-bond donors (Lipinski definition) is 1. The Bertz CT molecular complexity index is 1150. The Balaban J connectivity index is 1.50. The zero-order valence-electron chi connectivity index (χ0n) is 17.3. The fraction of sp³-hybridized carbons (Fsp3) is 0.429. The third-order valence-corrected chi connectivity index (χ3v) is 5.74. The molecule has 3 aromatic heterocycles. The number of carbonyl (C=O) groups is 1. The van der Waals surface area contributed by atoms with Crippen LogP contribution in [0.15, 0.2) is 29.2 Å². The van der Waals surface area contributed by atoms with Gasteiger partial charge < -0.3 is 14.8 Å². The van der Waals surface area contributed by atoms with Gasteiger partial charge in [-0.05, 0) is 57.9 Å². The Kier molecular flexibility index (Phi) is 4.86. The van der Waals surface area contributed by atoms with Crippen molar-refractivity contribution in [3.63, 3.8) is 0 Å². The molecule has 0 bridgehead atoms. The lowest BCUT2D eigenvalue weighted by molar-refractivity contribution is 0.0938. The van der Waals surface area contributed by atoms with Crippen molar-refractivity contribution in [1.82, 2.24) is 24.5 Å². The summed E-state index contributed by atoms with van der Waals surface area (Å²) < 4.78 is 3.47. The lowest BCUT2D eigenvalue weighted by Gasteiger charge is -2.18. The van der Waals surface area contributed by atoms with E-state index in [1.807, 2.05) is 44.3 Å². The van der Waals surface area contributed by atoms with E-state index >= 15 is 0 Å². The zero-order valence-corrected chi connectivity index (χ0v) is 17.3. The molecule has 1 N–H and O–H groups in total. The van der Waals surface area contributed by atoms with Crippen LogP contribution in [0.25, 0.3) is 5.65 Å². The Labute approximate surface area is 169 Å². The van der Waals surface area contributed by atoms with Crippen LogP contribution in [-0.4, -0.2) is 44.2 Å². The molecule has 8 nitrogen and oxygen atoms in total. The molecule has 29 heavy (non-hydrogen) atoms. The summed E-state index contributed by atoms with van der Waals surface area (Å²) >= 11 is 0. The van der Waals surface area contributed by atoms with Crippen LogP contribution in [0.2, 0.25) is 0 Å². The number of pyridine rings is 1. The van der Waals surface area contributed by atoms with Crippen molar-refractivity contribution in [1.29, 1.82) is 0 Å². The highest BCUT2D eigenvalue weighted by atomic mass is 16.2. The summed E-state index contributed by atoms with van der Waals surface area (Å²) in [6.07, 6.45) is 2.60. The number of imidazole rings is 1. The molecule has 1 aliphatic heterocycles. The highest BCUT2D eigenvalue weighted by Crippen LogP contribution is 2.19. The van der Waals surface area contributed by atoms with Gasteiger partial charge in [-0.15, -0.1) is 5.10 Å². The summed E-state index contributed by atoms with van der Waals surface area (Å²) in [5.41, 5.74) is 3.62. The second-order valence-corrected chi connectivity index (χ2v) is 7.64. The number of fused-ring (bicyclic) bond motifs is 1. The molecule has 1 fully saturated rings. The summed E-state index contributed by atoms with van der Waals surface area (Å²) in [6.45, 7) is 9.71. The summed E-state index contributed by atoms with van der Waals surface area (Å²) in [6, 6.07) is 5.57. The van der Waals surface area contributed by atoms with Crippen molar-refractivity contribution >= 4 is 17.4 Å². The van der Waals surface area contributed by atoms with Gasteiger partial charge in [0.05, 0.1) is 11.9 Å². The summed E-state index contributed by atoms with van der Waals surface area (Å²) in [7, 11) is 0. The van der Waals surface area contributed by atoms with Gasteiger partial charge in [0.2, 0.25) is 0 Å². The van der Waals surface area contributed by atoms with Gasteiger partial charge in [-0.2, -0.15) is 0 Å². The maximum Gasteiger partial charge on any atom is 0.263 e. The highest BCUT2D eigenvalue weighted by Gasteiger charge is 2.27. The molecule has 1 amide bonds. The molecule has 1 atom stereocenters. The molecule has 8 heteroatoms. The second-order valence-electron chi connectivity index (χ2n) is 7.64. The number of rotatable bonds is 4. The van der Waals surface area contributed by atoms with E-state index in [9.17, 15) is 9.59 Å². The van der Waals surface area contributed by atoms with E-state index in [-0.39, 0.29) is 23.1 Å². The number of nitrogens with one attached hydrogen (secondary N) is 1. The Hall–Kier alpha value is -3.16. The molecule has 0 aliphatic carbocycles. The van der Waals surface area contributed by atoms with E-state index < -0.39 is 0 Å². The lowest BCUT2D eigenvalue weighted by atomic mass is 10.1. The molecule has 0 radical (unpaired) electrons. The summed E-state index contributed by atoms with van der Waals surface area (Å²) in [5, 5.41) is 7.70. The van der Waals surface area contributed by atoms with Crippen LogP contribution >= 0.6 is 0 Å². The van der Waals surface area contributed by atoms with E-state index in [0.717, 1.165) is 41.4 Å². The van der Waals surface area contributed by atoms with Crippen LogP contribution in [0.3, 0.4) is 0 Å². The molecule has 0 saturated carbocycles. The molecular weight excluding hydrogens is 368 g/mol. The van der Waals surface area contributed by atoms with Crippen molar-refractivity contribution in [3.8, 4) is 0 Å². The minimum Gasteiger partial charge on any atom is -0.353 e. The number of carbonyl (C=O) groups excluding carboxylic acids is 1. The first-order valence-corrected chi connectivity index (χ1v) is 9.97. The maximum absolute atomic E-state index is 12.8. The van der Waals surface area contributed by atoms with Gasteiger partial charge in [-0.25, -0.2) is 9.50 Å². The quantitative estimate of drug-likeness (QED) is 0.730. The highest BCUT2D eigenvalue weighted by molar-refractivity contribution is 5.94. The van der Waals surface area contributed by atoms with Gasteiger partial charge in [-0.3, -0.25) is 9.59 Å². The number of anilines is 1. The van der Waals surface area contributed by atoms with Crippen LogP contribution in [-0.2, 0) is 6.54 Å². The van der Waals surface area contributed by atoms with E-state index in [2.05, 4.69) is 20.3 Å². The predicted molar refractivity (Wildman–Crippen MR) is 112 cm³/mol. The van der Waals surface area contributed by atoms with Gasteiger partial charge in [-0.1, -0.05) is 0 Å². The third kappa shape index (κ3) is 3.39. The average molecular weight is 394 g/mol. The van der Waals surface area contributed by atoms with Crippen LogP contribution in [0.4, 0.5) is 5.82 Å². The first-order chi connectivity index (χ1) is 13.9. The topological polar surface area (TPSA) is 84.5 Å². The van der Waals surface area contributed by atoms with Gasteiger partial charge >= 0.3 is 0 Å².